The molecule has 0 N–H and O–H groups in total. The van der Waals surface area contributed by atoms with Crippen LogP contribution in [0.5, 0.6) is 0 Å². The van der Waals surface area contributed by atoms with E-state index in [1.165, 1.54) is 19.3 Å². The maximum atomic E-state index is 12.8. The van der Waals surface area contributed by atoms with Crippen LogP contribution in [0.15, 0.2) is 0 Å². The SMILES string of the molecule is CCC(C)(CC)C(=O)OC(C)OCCOC(=O)C12CC3CC(CC(C3)C1)C2. The van der Waals surface area contributed by atoms with Gasteiger partial charge in [-0.25, -0.2) is 0 Å². The molecule has 4 rings (SSSR count). The topological polar surface area (TPSA) is 61.8 Å². The van der Waals surface area contributed by atoms with Crippen LogP contribution in [-0.4, -0.2) is 31.4 Å². The second-order valence-electron chi connectivity index (χ2n) is 9.45. The molecule has 4 aliphatic rings. The van der Waals surface area contributed by atoms with Crippen molar-refractivity contribution in [3.63, 3.8) is 0 Å². The minimum Gasteiger partial charge on any atom is -0.463 e. The lowest BCUT2D eigenvalue weighted by Gasteiger charge is -2.55. The van der Waals surface area contributed by atoms with Gasteiger partial charge in [0.05, 0.1) is 17.4 Å². The molecule has 0 aromatic carbocycles. The molecule has 4 saturated carbocycles. The Morgan fingerprint density at radius 3 is 2.00 bits per heavy atom. The van der Waals surface area contributed by atoms with Gasteiger partial charge in [0.25, 0.3) is 0 Å². The zero-order valence-corrected chi connectivity index (χ0v) is 17.4. The van der Waals surface area contributed by atoms with Crippen molar-refractivity contribution in [3.05, 3.63) is 0 Å². The third-order valence-electron chi connectivity index (χ3n) is 7.47. The summed E-state index contributed by atoms with van der Waals surface area (Å²) in [6.45, 7) is 8.07. The number of rotatable bonds is 9. The Morgan fingerprint density at radius 2 is 1.52 bits per heavy atom. The van der Waals surface area contributed by atoms with E-state index in [9.17, 15) is 9.59 Å². The van der Waals surface area contributed by atoms with Crippen molar-refractivity contribution >= 4 is 11.9 Å². The lowest BCUT2D eigenvalue weighted by Crippen LogP contribution is -2.50. The number of esters is 2. The fourth-order valence-corrected chi connectivity index (χ4v) is 5.73. The first-order chi connectivity index (χ1) is 12.8. The van der Waals surface area contributed by atoms with Crippen LogP contribution in [0, 0.1) is 28.6 Å². The van der Waals surface area contributed by atoms with Crippen LogP contribution in [0.3, 0.4) is 0 Å². The van der Waals surface area contributed by atoms with Crippen LogP contribution in [0.2, 0.25) is 0 Å². The van der Waals surface area contributed by atoms with Gasteiger partial charge in [0.15, 0.2) is 6.29 Å². The van der Waals surface area contributed by atoms with Gasteiger partial charge in [-0.05, 0) is 83.0 Å². The second-order valence-corrected chi connectivity index (χ2v) is 9.45. The Hall–Kier alpha value is -1.10. The molecule has 4 bridgehead atoms. The van der Waals surface area contributed by atoms with Crippen molar-refractivity contribution in [2.45, 2.75) is 85.4 Å². The quantitative estimate of drug-likeness (QED) is 0.335. The van der Waals surface area contributed by atoms with E-state index in [0.717, 1.165) is 49.9 Å². The van der Waals surface area contributed by atoms with E-state index < -0.39 is 11.7 Å². The fourth-order valence-electron chi connectivity index (χ4n) is 5.73. The molecule has 5 nitrogen and oxygen atoms in total. The number of carbonyl (C=O) groups excluding carboxylic acids is 2. The lowest BCUT2D eigenvalue weighted by molar-refractivity contribution is -0.192. The Kier molecular flexibility index (Phi) is 6.19. The number of hydrogen-bond donors (Lipinski definition) is 0. The first-order valence-electron chi connectivity index (χ1n) is 10.8. The monoisotopic (exact) mass is 380 g/mol. The van der Waals surface area contributed by atoms with Gasteiger partial charge in [0.1, 0.15) is 6.61 Å². The Labute approximate surface area is 163 Å². The number of carbonyl (C=O) groups is 2. The summed E-state index contributed by atoms with van der Waals surface area (Å²) in [7, 11) is 0. The van der Waals surface area contributed by atoms with E-state index in [2.05, 4.69) is 0 Å². The van der Waals surface area contributed by atoms with Crippen LogP contribution >= 0.6 is 0 Å². The highest BCUT2D eigenvalue weighted by Crippen LogP contribution is 2.60. The Bertz CT molecular complexity index is 516. The van der Waals surface area contributed by atoms with Crippen molar-refractivity contribution in [1.29, 1.82) is 0 Å². The molecule has 0 spiro atoms. The number of hydrogen-bond acceptors (Lipinski definition) is 5. The van der Waals surface area contributed by atoms with E-state index in [0.29, 0.717) is 0 Å². The molecule has 0 aromatic rings. The van der Waals surface area contributed by atoms with Crippen molar-refractivity contribution in [3.8, 4) is 0 Å². The normalized spacial score (nSPS) is 33.0. The highest BCUT2D eigenvalue weighted by molar-refractivity contribution is 5.77. The van der Waals surface area contributed by atoms with Gasteiger partial charge in [-0.1, -0.05) is 13.8 Å². The zero-order chi connectivity index (χ0) is 19.7. The van der Waals surface area contributed by atoms with Gasteiger partial charge >= 0.3 is 11.9 Å². The minimum absolute atomic E-state index is 0.0283. The fraction of sp³-hybridized carbons (Fsp3) is 0.909. The first-order valence-corrected chi connectivity index (χ1v) is 10.8. The molecule has 1 unspecified atom stereocenters. The van der Waals surface area contributed by atoms with Crippen LogP contribution in [0.25, 0.3) is 0 Å². The van der Waals surface area contributed by atoms with Crippen molar-refractivity contribution in [2.75, 3.05) is 13.2 Å². The molecular weight excluding hydrogens is 344 g/mol. The van der Waals surface area contributed by atoms with Gasteiger partial charge in [-0.15, -0.1) is 0 Å². The second kappa shape index (κ2) is 8.10. The van der Waals surface area contributed by atoms with Crippen molar-refractivity contribution in [1.82, 2.24) is 0 Å². The summed E-state index contributed by atoms with van der Waals surface area (Å²) in [4.78, 5) is 25.0. The Morgan fingerprint density at radius 1 is 1.00 bits per heavy atom. The average Bonchev–Trinajstić information content (AvgIpc) is 2.63. The van der Waals surface area contributed by atoms with Crippen LogP contribution in [-0.2, 0) is 23.8 Å². The number of ether oxygens (including phenoxy) is 3. The predicted octanol–water partition coefficient (Wildman–Crippen LogP) is 4.48. The van der Waals surface area contributed by atoms with Crippen LogP contribution in [0.1, 0.15) is 79.1 Å². The summed E-state index contributed by atoms with van der Waals surface area (Å²) >= 11 is 0. The maximum Gasteiger partial charge on any atom is 0.314 e. The molecule has 0 saturated heterocycles. The first kappa shape index (κ1) is 20.6. The van der Waals surface area contributed by atoms with Crippen molar-refractivity contribution < 1.29 is 23.8 Å². The van der Waals surface area contributed by atoms with Crippen LogP contribution in [0.4, 0.5) is 0 Å². The highest BCUT2D eigenvalue weighted by atomic mass is 16.7. The summed E-state index contributed by atoms with van der Waals surface area (Å²) in [5.41, 5.74) is -0.695. The van der Waals surface area contributed by atoms with E-state index in [1.54, 1.807) is 6.92 Å². The highest BCUT2D eigenvalue weighted by Gasteiger charge is 2.55. The summed E-state index contributed by atoms with van der Waals surface area (Å²) < 4.78 is 16.5. The molecule has 154 valence electrons. The molecule has 1 atom stereocenters. The molecular formula is C22H36O5. The molecule has 4 fully saturated rings. The molecule has 4 aliphatic carbocycles. The molecule has 0 aliphatic heterocycles. The van der Waals surface area contributed by atoms with E-state index in [-0.39, 0.29) is 30.6 Å². The van der Waals surface area contributed by atoms with Gasteiger partial charge < -0.3 is 14.2 Å². The molecule has 0 amide bonds. The summed E-state index contributed by atoms with van der Waals surface area (Å²) in [5, 5.41) is 0. The van der Waals surface area contributed by atoms with Gasteiger partial charge in [0.2, 0.25) is 0 Å². The zero-order valence-electron chi connectivity index (χ0n) is 17.4. The largest absolute Gasteiger partial charge is 0.463 e. The standard InChI is InChI=1S/C22H36O5/c1-5-21(4,6-2)19(23)27-15(3)25-7-8-26-20(24)22-12-16-9-17(13-22)11-18(10-16)14-22/h15-18H,5-14H2,1-4H3. The van der Waals surface area contributed by atoms with Gasteiger partial charge in [-0.2, -0.15) is 0 Å². The third-order valence-corrected chi connectivity index (χ3v) is 7.47. The molecule has 27 heavy (non-hydrogen) atoms. The van der Waals surface area contributed by atoms with Gasteiger partial charge in [0, 0.05) is 0 Å². The smallest absolute Gasteiger partial charge is 0.314 e. The van der Waals surface area contributed by atoms with E-state index in [4.69, 9.17) is 14.2 Å². The molecule has 0 heterocycles. The molecule has 5 heteroatoms. The summed E-state index contributed by atoms with van der Waals surface area (Å²) in [6.07, 6.45) is 7.81. The van der Waals surface area contributed by atoms with Crippen LogP contribution < -0.4 is 0 Å². The minimum atomic E-state index is -0.631. The Balaban J connectivity index is 1.39. The average molecular weight is 381 g/mol. The van der Waals surface area contributed by atoms with E-state index >= 15 is 0 Å². The third kappa shape index (κ3) is 4.33. The summed E-state index contributed by atoms with van der Waals surface area (Å²) in [6, 6.07) is 0. The maximum absolute atomic E-state index is 12.8. The van der Waals surface area contributed by atoms with Crippen molar-refractivity contribution in [2.24, 2.45) is 28.6 Å². The predicted molar refractivity (Wildman–Crippen MR) is 102 cm³/mol. The molecule has 0 aromatic heterocycles. The van der Waals surface area contributed by atoms with Gasteiger partial charge in [-0.3, -0.25) is 9.59 Å². The van der Waals surface area contributed by atoms with E-state index in [1.807, 2.05) is 20.8 Å². The molecule has 0 radical (unpaired) electrons. The summed E-state index contributed by atoms with van der Waals surface area (Å²) in [5.74, 6) is 1.92. The lowest BCUT2D eigenvalue weighted by atomic mass is 9.49.